The van der Waals surface area contributed by atoms with E-state index in [9.17, 15) is 14.4 Å². The summed E-state index contributed by atoms with van der Waals surface area (Å²) in [6.07, 6.45) is 13.2. The van der Waals surface area contributed by atoms with Crippen LogP contribution < -0.4 is 25.8 Å². The van der Waals surface area contributed by atoms with Crippen molar-refractivity contribution in [1.82, 2.24) is 14.9 Å². The van der Waals surface area contributed by atoms with Crippen LogP contribution in [0.25, 0.3) is 0 Å². The van der Waals surface area contributed by atoms with Crippen molar-refractivity contribution in [2.24, 2.45) is 11.8 Å². The highest BCUT2D eigenvalue weighted by atomic mass is 16.5. The highest BCUT2D eigenvalue weighted by Crippen LogP contribution is 2.26. The van der Waals surface area contributed by atoms with Gasteiger partial charge in [-0.3, -0.25) is 19.4 Å². The van der Waals surface area contributed by atoms with Gasteiger partial charge in [-0.25, -0.2) is 0 Å². The monoisotopic (exact) mass is 511 g/mol. The van der Waals surface area contributed by atoms with E-state index in [0.717, 1.165) is 48.6 Å². The van der Waals surface area contributed by atoms with E-state index in [1.807, 2.05) is 6.07 Å². The number of carbonyl (C=O) groups is 2. The second-order valence-electron chi connectivity index (χ2n) is 9.99. The molecule has 2 fully saturated rings. The molecule has 200 valence electrons. The summed E-state index contributed by atoms with van der Waals surface area (Å²) in [4.78, 5) is 42.3. The average molecular weight is 512 g/mol. The first kappa shape index (κ1) is 26.7. The maximum atomic E-state index is 13.0. The zero-order chi connectivity index (χ0) is 26.0. The molecular weight excluding hydrogens is 474 g/mol. The van der Waals surface area contributed by atoms with Crippen LogP contribution in [0.3, 0.4) is 0 Å². The fraction of sp³-hybridized carbons (Fsp3) is 0.556. The number of nitrogens with one attached hydrogen (secondary N) is 2. The maximum Gasteiger partial charge on any atom is 0.323 e. The molecule has 1 aliphatic heterocycles. The highest BCUT2D eigenvalue weighted by molar-refractivity contribution is 5.93. The molecule has 1 aliphatic carbocycles. The Morgan fingerprint density at radius 1 is 1.11 bits per heavy atom. The van der Waals surface area contributed by atoms with E-state index in [0.29, 0.717) is 24.6 Å². The minimum Gasteiger partial charge on any atom is -0.491 e. The summed E-state index contributed by atoms with van der Waals surface area (Å²) in [6, 6.07) is 4.72. The lowest BCUT2D eigenvalue weighted by Gasteiger charge is -2.33. The van der Waals surface area contributed by atoms with Gasteiger partial charge in [0.25, 0.3) is 5.56 Å². The van der Waals surface area contributed by atoms with Crippen LogP contribution in [-0.2, 0) is 16.1 Å². The number of anilines is 2. The van der Waals surface area contributed by atoms with E-state index in [1.165, 1.54) is 50.4 Å². The number of hydrogen-bond donors (Lipinski definition) is 3. The van der Waals surface area contributed by atoms with Crippen LogP contribution in [0, 0.1) is 11.8 Å². The number of piperidine rings is 1. The average Bonchev–Trinajstić information content (AvgIpc) is 2.91. The third-order valence-electron chi connectivity index (χ3n) is 7.12. The number of nitrogens with zero attached hydrogens (tertiary/aromatic N) is 3. The quantitative estimate of drug-likeness (QED) is 0.393. The van der Waals surface area contributed by atoms with Crippen LogP contribution in [0.2, 0.25) is 0 Å². The van der Waals surface area contributed by atoms with Gasteiger partial charge in [0.2, 0.25) is 5.91 Å². The molecule has 4 rings (SSSR count). The molecule has 37 heavy (non-hydrogen) atoms. The summed E-state index contributed by atoms with van der Waals surface area (Å²) in [5, 5.41) is 15.3. The lowest BCUT2D eigenvalue weighted by atomic mass is 9.89. The summed E-state index contributed by atoms with van der Waals surface area (Å²) < 4.78 is 6.99. The van der Waals surface area contributed by atoms with E-state index < -0.39 is 18.1 Å². The number of amides is 1. The van der Waals surface area contributed by atoms with Crippen LogP contribution in [0.5, 0.6) is 5.75 Å². The molecule has 1 amide bonds. The topological polar surface area (TPSA) is 126 Å². The van der Waals surface area contributed by atoms with E-state index in [1.54, 1.807) is 12.4 Å². The van der Waals surface area contributed by atoms with Crippen molar-refractivity contribution >= 4 is 23.3 Å². The molecule has 1 saturated heterocycles. The van der Waals surface area contributed by atoms with Gasteiger partial charge in [0.1, 0.15) is 18.9 Å². The first-order valence-electron chi connectivity index (χ1n) is 13.2. The van der Waals surface area contributed by atoms with Gasteiger partial charge < -0.3 is 29.9 Å². The Bertz CT molecular complexity index is 1110. The van der Waals surface area contributed by atoms with Gasteiger partial charge in [-0.2, -0.15) is 0 Å². The number of ether oxygens (including phenoxy) is 1. The number of aromatic nitrogens is 2. The predicted octanol–water partition coefficient (Wildman–Crippen LogP) is 2.73. The molecule has 2 aliphatic rings. The number of pyridine rings is 2. The van der Waals surface area contributed by atoms with Gasteiger partial charge in [0, 0.05) is 38.0 Å². The van der Waals surface area contributed by atoms with Crippen LogP contribution in [0.4, 0.5) is 11.4 Å². The molecule has 0 radical (unpaired) electrons. The molecule has 0 bridgehead atoms. The van der Waals surface area contributed by atoms with Gasteiger partial charge in [-0.1, -0.05) is 19.3 Å². The number of carboxylic acid groups (broad SMARTS) is 1. The fourth-order valence-corrected chi connectivity index (χ4v) is 5.14. The van der Waals surface area contributed by atoms with Crippen molar-refractivity contribution in [2.75, 3.05) is 43.0 Å². The fourth-order valence-electron chi connectivity index (χ4n) is 5.14. The lowest BCUT2D eigenvalue weighted by Crippen LogP contribution is -2.41. The Morgan fingerprint density at radius 3 is 2.76 bits per heavy atom. The van der Waals surface area contributed by atoms with Crippen LogP contribution in [0.1, 0.15) is 44.9 Å². The zero-order valence-corrected chi connectivity index (χ0v) is 21.2. The molecule has 3 N–H and O–H groups in total. The molecule has 0 spiro atoms. The smallest absolute Gasteiger partial charge is 0.323 e. The van der Waals surface area contributed by atoms with Gasteiger partial charge in [0.15, 0.2) is 0 Å². The van der Waals surface area contributed by atoms with Gasteiger partial charge in [-0.05, 0) is 44.2 Å². The van der Waals surface area contributed by atoms with Crippen molar-refractivity contribution in [1.29, 1.82) is 0 Å². The van der Waals surface area contributed by atoms with Crippen molar-refractivity contribution < 1.29 is 19.4 Å². The molecular formula is C27H37N5O5. The van der Waals surface area contributed by atoms with E-state index in [-0.39, 0.29) is 11.8 Å². The van der Waals surface area contributed by atoms with Crippen molar-refractivity contribution in [3.63, 3.8) is 0 Å². The Labute approximate surface area is 217 Å². The molecule has 10 nitrogen and oxygen atoms in total. The van der Waals surface area contributed by atoms with Crippen LogP contribution in [0.15, 0.2) is 41.6 Å². The minimum atomic E-state index is -1.12. The molecule has 3 heterocycles. The number of carbonyl (C=O) groups excluding carboxylic acids is 1. The zero-order valence-electron chi connectivity index (χ0n) is 21.2. The second kappa shape index (κ2) is 13.2. The highest BCUT2D eigenvalue weighted by Gasteiger charge is 2.26. The number of aliphatic carboxylic acids is 1. The summed E-state index contributed by atoms with van der Waals surface area (Å²) in [7, 11) is 0. The Morgan fingerprint density at radius 2 is 1.95 bits per heavy atom. The Hall–Kier alpha value is -3.40. The first-order valence-corrected chi connectivity index (χ1v) is 13.2. The predicted molar refractivity (Wildman–Crippen MR) is 141 cm³/mol. The van der Waals surface area contributed by atoms with E-state index in [4.69, 9.17) is 9.84 Å². The van der Waals surface area contributed by atoms with E-state index >= 15 is 0 Å². The summed E-state index contributed by atoms with van der Waals surface area (Å²) in [6.45, 7) is 3.33. The van der Waals surface area contributed by atoms with Crippen LogP contribution in [-0.4, -0.2) is 59.3 Å². The normalized spacial score (nSPS) is 18.4. The van der Waals surface area contributed by atoms with Crippen LogP contribution >= 0.6 is 0 Å². The number of rotatable bonds is 11. The molecule has 0 unspecified atom stereocenters. The maximum absolute atomic E-state index is 13.0. The molecule has 0 aromatic carbocycles. The SMILES string of the molecule is O=C(O)Cn1cc(NC(=O)[C@H]2CCCN(c3cncc(OCCNCC4CCCCC4)c3)C2)ccc1=O. The summed E-state index contributed by atoms with van der Waals surface area (Å²) >= 11 is 0. The first-order chi connectivity index (χ1) is 18.0. The molecule has 2 aromatic rings. The third-order valence-corrected chi connectivity index (χ3v) is 7.12. The third kappa shape index (κ3) is 8.04. The van der Waals surface area contributed by atoms with Gasteiger partial charge in [0.05, 0.1) is 29.7 Å². The van der Waals surface area contributed by atoms with Crippen molar-refractivity contribution in [2.45, 2.75) is 51.5 Å². The Balaban J connectivity index is 1.27. The second-order valence-corrected chi connectivity index (χ2v) is 9.99. The molecule has 1 saturated carbocycles. The van der Waals surface area contributed by atoms with Crippen molar-refractivity contribution in [3.05, 3.63) is 47.1 Å². The molecule has 1 atom stereocenters. The van der Waals surface area contributed by atoms with Crippen molar-refractivity contribution in [3.8, 4) is 5.75 Å². The largest absolute Gasteiger partial charge is 0.491 e. The molecule has 10 heteroatoms. The van der Waals surface area contributed by atoms with Gasteiger partial charge in [-0.15, -0.1) is 0 Å². The molecule has 2 aromatic heterocycles. The lowest BCUT2D eigenvalue weighted by molar-refractivity contribution is -0.137. The van der Waals surface area contributed by atoms with Gasteiger partial charge >= 0.3 is 5.97 Å². The minimum absolute atomic E-state index is 0.158. The summed E-state index contributed by atoms with van der Waals surface area (Å²) in [5.41, 5.74) is 0.885. The number of carboxylic acids is 1. The standard InChI is InChI=1S/C27H37N5O5/c33-25-9-8-22(18-32(25)19-26(34)35)30-27(36)21-7-4-11-31(17-21)23-13-24(16-29-15-23)37-12-10-28-14-20-5-2-1-3-6-20/h8-9,13,15-16,18,20-21,28H,1-7,10-12,14,17,19H2,(H,30,36)(H,34,35)/t21-/m0/s1. The number of hydrogen-bond acceptors (Lipinski definition) is 7. The summed E-state index contributed by atoms with van der Waals surface area (Å²) in [5.74, 6) is -0.0235. The van der Waals surface area contributed by atoms with E-state index in [2.05, 4.69) is 20.5 Å². The Kier molecular flexibility index (Phi) is 9.53.